The number of nitrogens with one attached hydrogen (secondary N) is 1. The van der Waals surface area contributed by atoms with E-state index in [2.05, 4.69) is 11.2 Å². The fraction of sp³-hybridized carbons (Fsp3) is 0.385. The molecule has 2 heteroatoms. The van der Waals surface area contributed by atoms with E-state index in [1.807, 2.05) is 37.3 Å². The third kappa shape index (κ3) is 3.73. The molecule has 0 fully saturated rings. The summed E-state index contributed by atoms with van der Waals surface area (Å²) in [6, 6.07) is 9.20. The zero-order chi connectivity index (χ0) is 11.1. The van der Waals surface area contributed by atoms with Gasteiger partial charge in [0, 0.05) is 12.5 Å². The van der Waals surface area contributed by atoms with E-state index >= 15 is 0 Å². The molecule has 0 bridgehead atoms. The van der Waals surface area contributed by atoms with Gasteiger partial charge in [-0.1, -0.05) is 43.2 Å². The van der Waals surface area contributed by atoms with Gasteiger partial charge in [-0.05, 0) is 5.56 Å². The summed E-state index contributed by atoms with van der Waals surface area (Å²) in [6.45, 7) is 2.97. The van der Waals surface area contributed by atoms with Crippen molar-refractivity contribution in [3.63, 3.8) is 0 Å². The first-order valence-electron chi connectivity index (χ1n) is 5.09. The van der Waals surface area contributed by atoms with Crippen LogP contribution in [0.25, 0.3) is 0 Å². The molecule has 1 nitrogen and oxygen atoms in total. The van der Waals surface area contributed by atoms with Crippen LogP contribution in [0.3, 0.4) is 0 Å². The zero-order valence-electron chi connectivity index (χ0n) is 8.91. The molecule has 0 radical (unpaired) electrons. The van der Waals surface area contributed by atoms with Crippen LogP contribution in [0.15, 0.2) is 30.3 Å². The maximum absolute atomic E-state index is 13.9. The monoisotopic (exact) mass is 205 g/mol. The lowest BCUT2D eigenvalue weighted by molar-refractivity contribution is 0.242. The SMILES string of the molecule is C#CCNC[C@@H](C)[C@@H](F)c1ccccc1. The second-order valence-electron chi connectivity index (χ2n) is 3.62. The third-order valence-corrected chi connectivity index (χ3v) is 2.31. The van der Waals surface area contributed by atoms with Gasteiger partial charge in [0.25, 0.3) is 0 Å². The van der Waals surface area contributed by atoms with Crippen molar-refractivity contribution >= 4 is 0 Å². The van der Waals surface area contributed by atoms with E-state index in [1.165, 1.54) is 0 Å². The van der Waals surface area contributed by atoms with Crippen LogP contribution in [0.4, 0.5) is 4.39 Å². The Labute approximate surface area is 90.7 Å². The molecule has 0 saturated carbocycles. The number of alkyl halides is 1. The second-order valence-corrected chi connectivity index (χ2v) is 3.62. The molecule has 0 aliphatic heterocycles. The van der Waals surface area contributed by atoms with Crippen LogP contribution in [0.1, 0.15) is 18.7 Å². The molecule has 15 heavy (non-hydrogen) atoms. The molecule has 1 rings (SSSR count). The number of terminal acetylenes is 1. The molecule has 0 unspecified atom stereocenters. The number of halogens is 1. The highest BCUT2D eigenvalue weighted by Crippen LogP contribution is 2.25. The molecule has 0 aromatic heterocycles. The summed E-state index contributed by atoms with van der Waals surface area (Å²) in [6.07, 6.45) is 4.16. The summed E-state index contributed by atoms with van der Waals surface area (Å²) in [7, 11) is 0. The molecule has 1 aromatic carbocycles. The van der Waals surface area contributed by atoms with Gasteiger partial charge < -0.3 is 5.32 Å². The molecule has 0 spiro atoms. The Morgan fingerprint density at radius 2 is 2.07 bits per heavy atom. The Balaban J connectivity index is 2.46. The lowest BCUT2D eigenvalue weighted by Crippen LogP contribution is -2.24. The van der Waals surface area contributed by atoms with Crippen LogP contribution < -0.4 is 5.32 Å². The van der Waals surface area contributed by atoms with Gasteiger partial charge in [0.05, 0.1) is 6.54 Å². The Bertz CT molecular complexity index is 315. The zero-order valence-corrected chi connectivity index (χ0v) is 8.91. The summed E-state index contributed by atoms with van der Waals surface area (Å²) in [5.74, 6) is 2.40. The van der Waals surface area contributed by atoms with Crippen LogP contribution in [0, 0.1) is 18.3 Å². The minimum atomic E-state index is -0.934. The number of benzene rings is 1. The van der Waals surface area contributed by atoms with Crippen molar-refractivity contribution in [2.24, 2.45) is 5.92 Å². The summed E-state index contributed by atoms with van der Waals surface area (Å²) in [4.78, 5) is 0. The van der Waals surface area contributed by atoms with Gasteiger partial charge in [-0.3, -0.25) is 0 Å². The summed E-state index contributed by atoms with van der Waals surface area (Å²) >= 11 is 0. The molecular formula is C13H16FN. The lowest BCUT2D eigenvalue weighted by Gasteiger charge is -2.16. The van der Waals surface area contributed by atoms with Crippen molar-refractivity contribution in [1.29, 1.82) is 0 Å². The highest BCUT2D eigenvalue weighted by molar-refractivity contribution is 5.18. The van der Waals surface area contributed by atoms with Crippen LogP contribution in [-0.4, -0.2) is 13.1 Å². The molecule has 0 aliphatic rings. The van der Waals surface area contributed by atoms with Gasteiger partial charge in [0.15, 0.2) is 0 Å². The topological polar surface area (TPSA) is 12.0 Å². The predicted octanol–water partition coefficient (Wildman–Crippen LogP) is 2.56. The maximum Gasteiger partial charge on any atom is 0.129 e. The van der Waals surface area contributed by atoms with E-state index < -0.39 is 6.17 Å². The van der Waals surface area contributed by atoms with Gasteiger partial charge in [-0.15, -0.1) is 6.42 Å². The van der Waals surface area contributed by atoms with Crippen LogP contribution in [0.2, 0.25) is 0 Å². The van der Waals surface area contributed by atoms with Gasteiger partial charge >= 0.3 is 0 Å². The van der Waals surface area contributed by atoms with Crippen LogP contribution in [-0.2, 0) is 0 Å². The predicted molar refractivity (Wildman–Crippen MR) is 61.2 cm³/mol. The number of hydrogen-bond acceptors (Lipinski definition) is 1. The molecular weight excluding hydrogens is 189 g/mol. The van der Waals surface area contributed by atoms with Crippen molar-refractivity contribution in [1.82, 2.24) is 5.32 Å². The minimum absolute atomic E-state index is 0.0688. The van der Waals surface area contributed by atoms with E-state index in [9.17, 15) is 4.39 Å². The molecule has 0 amide bonds. The van der Waals surface area contributed by atoms with E-state index in [0.29, 0.717) is 13.1 Å². The first kappa shape index (κ1) is 11.7. The van der Waals surface area contributed by atoms with Gasteiger partial charge in [0.1, 0.15) is 6.17 Å². The van der Waals surface area contributed by atoms with Crippen molar-refractivity contribution in [3.8, 4) is 12.3 Å². The fourth-order valence-corrected chi connectivity index (χ4v) is 1.44. The normalized spacial score (nSPS) is 14.2. The molecule has 1 aromatic rings. The molecule has 80 valence electrons. The lowest BCUT2D eigenvalue weighted by atomic mass is 9.99. The highest BCUT2D eigenvalue weighted by Gasteiger charge is 2.17. The van der Waals surface area contributed by atoms with Gasteiger partial charge in [0.2, 0.25) is 0 Å². The molecule has 0 heterocycles. The maximum atomic E-state index is 13.9. The van der Waals surface area contributed by atoms with E-state index in [-0.39, 0.29) is 5.92 Å². The first-order chi connectivity index (χ1) is 7.25. The average molecular weight is 205 g/mol. The summed E-state index contributed by atoms with van der Waals surface area (Å²) < 4.78 is 13.9. The third-order valence-electron chi connectivity index (χ3n) is 2.31. The van der Waals surface area contributed by atoms with Crippen molar-refractivity contribution in [3.05, 3.63) is 35.9 Å². The number of hydrogen-bond donors (Lipinski definition) is 1. The first-order valence-corrected chi connectivity index (χ1v) is 5.09. The molecule has 0 aliphatic carbocycles. The molecule has 1 N–H and O–H groups in total. The van der Waals surface area contributed by atoms with E-state index in [1.54, 1.807) is 0 Å². The smallest absolute Gasteiger partial charge is 0.129 e. The largest absolute Gasteiger partial charge is 0.306 e. The Morgan fingerprint density at radius 3 is 2.67 bits per heavy atom. The number of rotatable bonds is 5. The average Bonchev–Trinajstić information content (AvgIpc) is 2.29. The Hall–Kier alpha value is -1.33. The van der Waals surface area contributed by atoms with Gasteiger partial charge in [-0.25, -0.2) is 4.39 Å². The summed E-state index contributed by atoms with van der Waals surface area (Å²) in [5, 5.41) is 3.01. The van der Waals surface area contributed by atoms with Crippen molar-refractivity contribution in [2.75, 3.05) is 13.1 Å². The molecule has 0 saturated heterocycles. The Kier molecular flexibility index (Phi) is 4.86. The quantitative estimate of drug-likeness (QED) is 0.575. The highest BCUT2D eigenvalue weighted by atomic mass is 19.1. The second kappa shape index (κ2) is 6.21. The standard InChI is InChI=1S/C13H16FN/c1-3-9-15-10-11(2)13(14)12-7-5-4-6-8-12/h1,4-8,11,13,15H,9-10H2,2H3/t11-,13-/m1/s1. The van der Waals surface area contributed by atoms with Crippen LogP contribution >= 0.6 is 0 Å². The van der Waals surface area contributed by atoms with Crippen LogP contribution in [0.5, 0.6) is 0 Å². The van der Waals surface area contributed by atoms with Crippen molar-refractivity contribution in [2.45, 2.75) is 13.1 Å². The Morgan fingerprint density at radius 1 is 1.40 bits per heavy atom. The fourth-order valence-electron chi connectivity index (χ4n) is 1.44. The minimum Gasteiger partial charge on any atom is -0.306 e. The van der Waals surface area contributed by atoms with Crippen molar-refractivity contribution < 1.29 is 4.39 Å². The molecule has 2 atom stereocenters. The van der Waals surface area contributed by atoms with E-state index in [0.717, 1.165) is 5.56 Å². The summed E-state index contributed by atoms with van der Waals surface area (Å²) in [5.41, 5.74) is 0.729. The van der Waals surface area contributed by atoms with E-state index in [4.69, 9.17) is 6.42 Å². The van der Waals surface area contributed by atoms with Gasteiger partial charge in [-0.2, -0.15) is 0 Å².